The average Bonchev–Trinajstić information content (AvgIpc) is 3.02. The fourth-order valence-electron chi connectivity index (χ4n) is 3.05. The van der Waals surface area contributed by atoms with Gasteiger partial charge in [-0.2, -0.15) is 0 Å². The van der Waals surface area contributed by atoms with Crippen LogP contribution in [0.25, 0.3) is 10.1 Å². The Labute approximate surface area is 158 Å². The first-order chi connectivity index (χ1) is 12.6. The van der Waals surface area contributed by atoms with E-state index in [1.54, 1.807) is 25.6 Å². The lowest BCUT2D eigenvalue weighted by molar-refractivity contribution is 0.0757. The lowest BCUT2D eigenvalue weighted by Crippen LogP contribution is -2.30. The molecule has 136 valence electrons. The highest BCUT2D eigenvalue weighted by Crippen LogP contribution is 2.32. The Morgan fingerprint density at radius 3 is 2.46 bits per heavy atom. The van der Waals surface area contributed by atoms with Crippen LogP contribution in [0.1, 0.15) is 27.7 Å². The summed E-state index contributed by atoms with van der Waals surface area (Å²) in [7, 11) is 3.23. The summed E-state index contributed by atoms with van der Waals surface area (Å²) >= 11 is 1.56. The molecule has 0 spiro atoms. The molecule has 0 N–H and O–H groups in total. The minimum atomic E-state index is 0.0704. The summed E-state index contributed by atoms with van der Waals surface area (Å²) in [5.74, 6) is 1.43. The van der Waals surface area contributed by atoms with E-state index in [2.05, 4.69) is 12.1 Å². The second kappa shape index (κ2) is 7.79. The van der Waals surface area contributed by atoms with Crippen molar-refractivity contribution < 1.29 is 14.3 Å². The smallest absolute Gasteiger partial charge is 0.264 e. The number of benzene rings is 2. The van der Waals surface area contributed by atoms with Gasteiger partial charge in [0.15, 0.2) is 11.5 Å². The quantitative estimate of drug-likeness (QED) is 0.621. The number of thiophene rings is 1. The third-order valence-electron chi connectivity index (χ3n) is 4.53. The average molecular weight is 369 g/mol. The summed E-state index contributed by atoms with van der Waals surface area (Å²) in [5, 5.41) is 1.16. The summed E-state index contributed by atoms with van der Waals surface area (Å²) in [6.07, 6.45) is 0. The third kappa shape index (κ3) is 3.40. The van der Waals surface area contributed by atoms with E-state index >= 15 is 0 Å². The summed E-state index contributed by atoms with van der Waals surface area (Å²) in [6, 6.07) is 13.9. The molecule has 3 rings (SSSR count). The molecule has 4 nitrogen and oxygen atoms in total. The predicted molar refractivity (Wildman–Crippen MR) is 107 cm³/mol. The molecule has 1 aromatic heterocycles. The number of hydrogen-bond donors (Lipinski definition) is 0. The number of hydrogen-bond acceptors (Lipinski definition) is 4. The molecule has 0 saturated carbocycles. The van der Waals surface area contributed by atoms with E-state index in [4.69, 9.17) is 9.47 Å². The van der Waals surface area contributed by atoms with Crippen LogP contribution in [0.4, 0.5) is 0 Å². The number of rotatable bonds is 6. The van der Waals surface area contributed by atoms with Gasteiger partial charge in [0, 0.05) is 17.8 Å². The van der Waals surface area contributed by atoms with Crippen LogP contribution in [0.2, 0.25) is 0 Å². The van der Waals surface area contributed by atoms with E-state index in [-0.39, 0.29) is 5.91 Å². The molecular weight excluding hydrogens is 346 g/mol. The van der Waals surface area contributed by atoms with Crippen LogP contribution in [0.5, 0.6) is 11.5 Å². The fourth-order valence-corrected chi connectivity index (χ4v) is 4.23. The van der Waals surface area contributed by atoms with Gasteiger partial charge < -0.3 is 14.4 Å². The van der Waals surface area contributed by atoms with Crippen LogP contribution >= 0.6 is 11.3 Å². The van der Waals surface area contributed by atoms with Gasteiger partial charge in [0.1, 0.15) is 0 Å². The minimum absolute atomic E-state index is 0.0704. The van der Waals surface area contributed by atoms with Gasteiger partial charge in [-0.05, 0) is 48.6 Å². The van der Waals surface area contributed by atoms with E-state index in [0.29, 0.717) is 24.6 Å². The van der Waals surface area contributed by atoms with Crippen molar-refractivity contribution >= 4 is 27.3 Å². The first-order valence-electron chi connectivity index (χ1n) is 8.57. The number of carbonyl (C=O) groups excluding carboxylic acids is 1. The van der Waals surface area contributed by atoms with Gasteiger partial charge in [0.2, 0.25) is 0 Å². The molecule has 0 saturated heterocycles. The van der Waals surface area contributed by atoms with Crippen LogP contribution in [0.15, 0.2) is 42.5 Å². The van der Waals surface area contributed by atoms with Gasteiger partial charge >= 0.3 is 0 Å². The molecule has 0 atom stereocenters. The lowest BCUT2D eigenvalue weighted by Gasteiger charge is -2.21. The molecule has 0 radical (unpaired) electrons. The highest BCUT2D eigenvalue weighted by atomic mass is 32.1. The number of fused-ring (bicyclic) bond motifs is 1. The van der Waals surface area contributed by atoms with Crippen LogP contribution in [-0.4, -0.2) is 31.6 Å². The SMILES string of the molecule is CCN(Cc1ccc(OC)c(OC)c1)C(=O)c1sc2ccccc2c1C. The summed E-state index contributed by atoms with van der Waals surface area (Å²) in [5.41, 5.74) is 2.07. The monoisotopic (exact) mass is 369 g/mol. The number of carbonyl (C=O) groups is 1. The molecule has 0 unspecified atom stereocenters. The normalized spacial score (nSPS) is 10.8. The van der Waals surface area contributed by atoms with E-state index in [9.17, 15) is 4.79 Å². The second-order valence-corrected chi connectivity index (χ2v) is 7.11. The van der Waals surface area contributed by atoms with Crippen molar-refractivity contribution in [1.29, 1.82) is 0 Å². The molecule has 0 fully saturated rings. The first kappa shape index (κ1) is 18.3. The second-order valence-electron chi connectivity index (χ2n) is 6.06. The fraction of sp³-hybridized carbons (Fsp3) is 0.286. The van der Waals surface area contributed by atoms with Gasteiger partial charge in [-0.1, -0.05) is 24.3 Å². The third-order valence-corrected chi connectivity index (χ3v) is 5.79. The molecule has 5 heteroatoms. The Bertz CT molecular complexity index is 932. The van der Waals surface area contributed by atoms with Crippen LogP contribution in [0, 0.1) is 6.92 Å². The molecule has 26 heavy (non-hydrogen) atoms. The summed E-state index contributed by atoms with van der Waals surface area (Å²) in [4.78, 5) is 15.8. The number of amides is 1. The molecule has 1 heterocycles. The Morgan fingerprint density at radius 1 is 1.08 bits per heavy atom. The van der Waals surface area contributed by atoms with Crippen molar-refractivity contribution in [3.05, 3.63) is 58.5 Å². The Kier molecular flexibility index (Phi) is 5.47. The maximum atomic E-state index is 13.1. The standard InChI is InChI=1S/C21H23NO3S/c1-5-22(13-15-10-11-17(24-3)18(12-15)25-4)21(23)20-14(2)16-8-6-7-9-19(16)26-20/h6-12H,5,13H2,1-4H3. The van der Waals surface area contributed by atoms with Crippen LogP contribution < -0.4 is 9.47 Å². The zero-order valence-corrected chi connectivity index (χ0v) is 16.4. The van der Waals surface area contributed by atoms with Gasteiger partial charge in [-0.25, -0.2) is 0 Å². The van der Waals surface area contributed by atoms with Crippen LogP contribution in [-0.2, 0) is 6.54 Å². The van der Waals surface area contributed by atoms with Crippen molar-refractivity contribution in [3.8, 4) is 11.5 Å². The predicted octanol–water partition coefficient (Wildman–Crippen LogP) is 4.89. The summed E-state index contributed by atoms with van der Waals surface area (Å²) < 4.78 is 11.8. The molecule has 1 amide bonds. The maximum absolute atomic E-state index is 13.1. The highest BCUT2D eigenvalue weighted by Gasteiger charge is 2.21. The Balaban J connectivity index is 1.88. The first-order valence-corrected chi connectivity index (χ1v) is 9.39. The molecule has 0 aliphatic heterocycles. The zero-order valence-electron chi connectivity index (χ0n) is 15.5. The van der Waals surface area contributed by atoms with Crippen molar-refractivity contribution in [2.24, 2.45) is 0 Å². The number of methoxy groups -OCH3 is 2. The van der Waals surface area contributed by atoms with E-state index in [0.717, 1.165) is 26.1 Å². The Morgan fingerprint density at radius 2 is 1.81 bits per heavy atom. The number of ether oxygens (including phenoxy) is 2. The van der Waals surface area contributed by atoms with Crippen LogP contribution in [0.3, 0.4) is 0 Å². The molecule has 0 aliphatic rings. The van der Waals surface area contributed by atoms with Crippen molar-refractivity contribution in [1.82, 2.24) is 4.90 Å². The largest absolute Gasteiger partial charge is 0.493 e. The van der Waals surface area contributed by atoms with E-state index < -0.39 is 0 Å². The Hall–Kier alpha value is -2.53. The van der Waals surface area contributed by atoms with Crippen molar-refractivity contribution in [2.45, 2.75) is 20.4 Å². The van der Waals surface area contributed by atoms with Gasteiger partial charge in [0.25, 0.3) is 5.91 Å². The molecule has 0 aliphatic carbocycles. The molecule has 2 aromatic carbocycles. The zero-order chi connectivity index (χ0) is 18.7. The van der Waals surface area contributed by atoms with Crippen molar-refractivity contribution in [2.75, 3.05) is 20.8 Å². The topological polar surface area (TPSA) is 38.8 Å². The number of aryl methyl sites for hydroxylation is 1. The maximum Gasteiger partial charge on any atom is 0.264 e. The molecular formula is C21H23NO3S. The van der Waals surface area contributed by atoms with E-state index in [1.807, 2.05) is 49.1 Å². The summed E-state index contributed by atoms with van der Waals surface area (Å²) in [6.45, 7) is 5.20. The molecule has 0 bridgehead atoms. The van der Waals surface area contributed by atoms with Crippen molar-refractivity contribution in [3.63, 3.8) is 0 Å². The minimum Gasteiger partial charge on any atom is -0.493 e. The van der Waals surface area contributed by atoms with Gasteiger partial charge in [-0.15, -0.1) is 11.3 Å². The van der Waals surface area contributed by atoms with Gasteiger partial charge in [-0.3, -0.25) is 4.79 Å². The number of nitrogens with zero attached hydrogens (tertiary/aromatic N) is 1. The lowest BCUT2D eigenvalue weighted by atomic mass is 10.1. The van der Waals surface area contributed by atoms with Gasteiger partial charge in [0.05, 0.1) is 19.1 Å². The molecule has 3 aromatic rings. The highest BCUT2D eigenvalue weighted by molar-refractivity contribution is 7.21. The van der Waals surface area contributed by atoms with E-state index in [1.165, 1.54) is 0 Å².